The van der Waals surface area contributed by atoms with Gasteiger partial charge in [0.25, 0.3) is 5.91 Å². The Morgan fingerprint density at radius 1 is 1.24 bits per heavy atom. The molecule has 0 atom stereocenters. The van der Waals surface area contributed by atoms with Gasteiger partial charge in [-0.05, 0) is 30.3 Å². The van der Waals surface area contributed by atoms with E-state index in [0.29, 0.717) is 50.2 Å². The lowest BCUT2D eigenvalue weighted by atomic mass is 10.1. The van der Waals surface area contributed by atoms with Crippen LogP contribution in [0.4, 0.5) is 0 Å². The van der Waals surface area contributed by atoms with Crippen molar-refractivity contribution >= 4 is 40.9 Å². The Kier molecular flexibility index (Phi) is 5.62. The minimum absolute atomic E-state index is 0.0512. The van der Waals surface area contributed by atoms with Crippen molar-refractivity contribution in [2.75, 3.05) is 17.3 Å². The van der Waals surface area contributed by atoms with Gasteiger partial charge in [-0.25, -0.2) is 9.69 Å². The lowest BCUT2D eigenvalue weighted by Gasteiger charge is -2.29. The predicted molar refractivity (Wildman–Crippen MR) is 110 cm³/mol. The third-order valence-electron chi connectivity index (χ3n) is 4.18. The Bertz CT molecular complexity index is 1130. The number of benzene rings is 2. The topological polar surface area (TPSA) is 84.0 Å². The van der Waals surface area contributed by atoms with E-state index in [4.69, 9.17) is 33.2 Å². The zero-order chi connectivity index (χ0) is 20.4. The fourth-order valence-electron chi connectivity index (χ4n) is 2.83. The average Bonchev–Trinajstić information content (AvgIpc) is 3.17. The van der Waals surface area contributed by atoms with Crippen molar-refractivity contribution in [1.82, 2.24) is 14.9 Å². The first-order valence-electron chi connectivity index (χ1n) is 8.54. The van der Waals surface area contributed by atoms with Gasteiger partial charge < -0.3 is 4.74 Å². The molecule has 1 aliphatic rings. The van der Waals surface area contributed by atoms with Crippen LogP contribution in [0.3, 0.4) is 0 Å². The lowest BCUT2D eigenvalue weighted by Crippen LogP contribution is -2.45. The molecule has 0 radical (unpaired) electrons. The Morgan fingerprint density at radius 3 is 2.93 bits per heavy atom. The predicted octanol–water partition coefficient (Wildman–Crippen LogP) is 3.92. The van der Waals surface area contributed by atoms with E-state index in [9.17, 15) is 4.79 Å². The number of amides is 1. The molecule has 3 aromatic rings. The third-order valence-corrected chi connectivity index (χ3v) is 5.62. The maximum Gasteiger partial charge on any atom is 0.272 e. The zero-order valence-corrected chi connectivity index (χ0v) is 17.2. The summed E-state index contributed by atoms with van der Waals surface area (Å²) in [5, 5.41) is 20.5. The van der Waals surface area contributed by atoms with E-state index in [1.54, 1.807) is 52.1 Å². The highest BCUT2D eigenvalue weighted by Gasteiger charge is 2.28. The molecular formula is C19H13Cl2N5O2S. The molecule has 0 fully saturated rings. The molecule has 0 saturated carbocycles. The summed E-state index contributed by atoms with van der Waals surface area (Å²) in [6.07, 6.45) is 0. The number of halogens is 2. The molecule has 29 heavy (non-hydrogen) atoms. The standard InChI is InChI=1S/C19H13Cl2N5O2S/c20-14-4-5-15(21)16(9-14)28-11-17-23-24-19-26(17)25(6-7-29-19)18(27)13-3-1-2-12(8-13)10-22/h1-5,8-9H,6-7,11H2. The smallest absolute Gasteiger partial charge is 0.272 e. The van der Waals surface area contributed by atoms with Gasteiger partial charge in [0.05, 0.1) is 23.2 Å². The average molecular weight is 446 g/mol. The number of rotatable bonds is 4. The van der Waals surface area contributed by atoms with Crippen LogP contribution in [0.1, 0.15) is 21.7 Å². The second kappa shape index (κ2) is 8.33. The number of hydrogen-bond donors (Lipinski definition) is 0. The second-order valence-corrected chi connectivity index (χ2v) is 7.95. The van der Waals surface area contributed by atoms with Crippen LogP contribution < -0.4 is 9.75 Å². The monoisotopic (exact) mass is 445 g/mol. The van der Waals surface area contributed by atoms with Gasteiger partial charge >= 0.3 is 0 Å². The minimum Gasteiger partial charge on any atom is -0.484 e. The number of hydrogen-bond acceptors (Lipinski definition) is 6. The van der Waals surface area contributed by atoms with Crippen molar-refractivity contribution in [3.63, 3.8) is 0 Å². The Balaban J connectivity index is 1.62. The summed E-state index contributed by atoms with van der Waals surface area (Å²) in [6, 6.07) is 13.6. The highest BCUT2D eigenvalue weighted by Crippen LogP contribution is 2.29. The summed E-state index contributed by atoms with van der Waals surface area (Å²) in [5.74, 6) is 1.31. The van der Waals surface area contributed by atoms with E-state index in [1.165, 1.54) is 11.8 Å². The van der Waals surface area contributed by atoms with Crippen LogP contribution in [0, 0.1) is 11.3 Å². The molecule has 7 nitrogen and oxygen atoms in total. The Morgan fingerprint density at radius 2 is 2.10 bits per heavy atom. The van der Waals surface area contributed by atoms with Crippen molar-refractivity contribution < 1.29 is 9.53 Å². The number of carbonyl (C=O) groups excluding carboxylic acids is 1. The van der Waals surface area contributed by atoms with Crippen LogP contribution in [0.2, 0.25) is 10.0 Å². The maximum atomic E-state index is 13.1. The summed E-state index contributed by atoms with van der Waals surface area (Å²) in [7, 11) is 0. The molecule has 0 spiro atoms. The van der Waals surface area contributed by atoms with E-state index in [0.717, 1.165) is 0 Å². The van der Waals surface area contributed by atoms with E-state index in [2.05, 4.69) is 10.2 Å². The summed E-state index contributed by atoms with van der Waals surface area (Å²) < 4.78 is 7.42. The number of nitriles is 1. The van der Waals surface area contributed by atoms with E-state index in [1.807, 2.05) is 6.07 Å². The van der Waals surface area contributed by atoms with Crippen molar-refractivity contribution in [2.45, 2.75) is 11.8 Å². The first kappa shape index (κ1) is 19.6. The summed E-state index contributed by atoms with van der Waals surface area (Å²) >= 11 is 13.6. The van der Waals surface area contributed by atoms with Crippen LogP contribution in [0.25, 0.3) is 0 Å². The molecule has 146 valence electrons. The molecule has 1 aliphatic heterocycles. The minimum atomic E-state index is -0.245. The summed E-state index contributed by atoms with van der Waals surface area (Å²) in [6.45, 7) is 0.520. The van der Waals surface area contributed by atoms with Crippen molar-refractivity contribution in [3.8, 4) is 11.8 Å². The Hall–Kier alpha value is -2.73. The van der Waals surface area contributed by atoms with Crippen molar-refractivity contribution in [3.05, 3.63) is 69.5 Å². The number of thioether (sulfide) groups is 1. The fourth-order valence-corrected chi connectivity index (χ4v) is 4.04. The molecule has 0 bridgehead atoms. The molecule has 4 rings (SSSR count). The fraction of sp³-hybridized carbons (Fsp3) is 0.158. The lowest BCUT2D eigenvalue weighted by molar-refractivity contribution is 0.0952. The summed E-state index contributed by atoms with van der Waals surface area (Å²) in [4.78, 5) is 13.1. The number of ether oxygens (including phenoxy) is 1. The van der Waals surface area contributed by atoms with E-state index in [-0.39, 0.29) is 12.5 Å². The number of aromatic nitrogens is 3. The van der Waals surface area contributed by atoms with Crippen molar-refractivity contribution in [2.24, 2.45) is 0 Å². The van der Waals surface area contributed by atoms with Gasteiger partial charge in [-0.2, -0.15) is 5.26 Å². The van der Waals surface area contributed by atoms with Crippen LogP contribution in [-0.2, 0) is 6.61 Å². The van der Waals surface area contributed by atoms with Crippen LogP contribution in [-0.4, -0.2) is 33.1 Å². The molecule has 2 aromatic carbocycles. The van der Waals surface area contributed by atoms with Crippen molar-refractivity contribution in [1.29, 1.82) is 5.26 Å². The molecule has 0 unspecified atom stereocenters. The third kappa shape index (κ3) is 4.03. The molecule has 0 saturated heterocycles. The van der Waals surface area contributed by atoms with Gasteiger partial charge in [-0.3, -0.25) is 4.79 Å². The largest absolute Gasteiger partial charge is 0.484 e. The SMILES string of the molecule is N#Cc1cccc(C(=O)N2CCSc3nnc(COc4cc(Cl)ccc4Cl)n32)c1. The molecule has 1 aromatic heterocycles. The van der Waals surface area contributed by atoms with Gasteiger partial charge in [0.1, 0.15) is 12.4 Å². The zero-order valence-electron chi connectivity index (χ0n) is 14.9. The summed E-state index contributed by atoms with van der Waals surface area (Å²) in [5.41, 5.74) is 0.839. The van der Waals surface area contributed by atoms with E-state index < -0.39 is 0 Å². The molecule has 0 aliphatic carbocycles. The van der Waals surface area contributed by atoms with Gasteiger partial charge in [-0.1, -0.05) is 41.0 Å². The highest BCUT2D eigenvalue weighted by molar-refractivity contribution is 7.99. The molecular weight excluding hydrogens is 433 g/mol. The van der Waals surface area contributed by atoms with Crippen LogP contribution in [0.5, 0.6) is 5.75 Å². The molecule has 2 heterocycles. The van der Waals surface area contributed by atoms with E-state index >= 15 is 0 Å². The Labute approximate surface area is 180 Å². The van der Waals surface area contributed by atoms with Gasteiger partial charge in [-0.15, -0.1) is 10.2 Å². The maximum absolute atomic E-state index is 13.1. The number of nitrogens with zero attached hydrogens (tertiary/aromatic N) is 5. The van der Waals surface area contributed by atoms with Gasteiger partial charge in [0, 0.05) is 22.4 Å². The highest BCUT2D eigenvalue weighted by atomic mass is 35.5. The normalized spacial score (nSPS) is 12.9. The van der Waals surface area contributed by atoms with Crippen LogP contribution in [0.15, 0.2) is 47.6 Å². The number of fused-ring (bicyclic) bond motifs is 1. The van der Waals surface area contributed by atoms with Gasteiger partial charge in [0.15, 0.2) is 5.82 Å². The second-order valence-electron chi connectivity index (χ2n) is 6.04. The van der Waals surface area contributed by atoms with Crippen LogP contribution >= 0.6 is 35.0 Å². The van der Waals surface area contributed by atoms with Gasteiger partial charge in [0.2, 0.25) is 5.16 Å². The first-order valence-corrected chi connectivity index (χ1v) is 10.3. The molecule has 1 amide bonds. The number of carbonyl (C=O) groups is 1. The quantitative estimate of drug-likeness (QED) is 0.604. The molecule has 0 N–H and O–H groups in total. The molecule has 10 heteroatoms. The first-order chi connectivity index (χ1) is 14.1.